The first kappa shape index (κ1) is 22.6. The van der Waals surface area contributed by atoms with Crippen molar-refractivity contribution in [2.24, 2.45) is 0 Å². The van der Waals surface area contributed by atoms with Crippen molar-refractivity contribution in [2.45, 2.75) is 27.3 Å². The van der Waals surface area contributed by atoms with Crippen LogP contribution >= 0.6 is 0 Å². The van der Waals surface area contributed by atoms with Crippen molar-refractivity contribution in [1.29, 1.82) is 0 Å². The fourth-order valence-corrected chi connectivity index (χ4v) is 3.47. The Morgan fingerprint density at radius 1 is 1.07 bits per heavy atom. The van der Waals surface area contributed by atoms with Crippen molar-refractivity contribution in [3.05, 3.63) is 64.7 Å². The second-order valence-electron chi connectivity index (χ2n) is 6.76. The van der Waals surface area contributed by atoms with E-state index in [1.807, 2.05) is 31.2 Å². The third-order valence-electron chi connectivity index (χ3n) is 4.37. The van der Waals surface area contributed by atoms with Crippen molar-refractivity contribution in [1.82, 2.24) is 4.31 Å². The number of nitrogens with zero attached hydrogens (tertiary/aromatic N) is 1. The zero-order valence-corrected chi connectivity index (χ0v) is 17.9. The number of sulfonamides is 1. The van der Waals surface area contributed by atoms with Gasteiger partial charge in [0, 0.05) is 12.2 Å². The SMILES string of the molecule is CCOC(=O)c1cccc(NC(=O)CN(Cc2ccc(C)cc2)S(C)(=O)=O)c1C. The first-order valence-corrected chi connectivity index (χ1v) is 11.0. The number of carbonyl (C=O) groups excluding carboxylic acids is 2. The molecule has 0 saturated heterocycles. The quantitative estimate of drug-likeness (QED) is 0.666. The molecule has 2 aromatic carbocycles. The van der Waals surface area contributed by atoms with E-state index in [9.17, 15) is 18.0 Å². The van der Waals surface area contributed by atoms with Crippen LogP contribution in [0.4, 0.5) is 5.69 Å². The Bertz CT molecular complexity index is 985. The molecule has 1 N–H and O–H groups in total. The van der Waals surface area contributed by atoms with Crippen LogP contribution in [0.5, 0.6) is 0 Å². The first-order valence-electron chi connectivity index (χ1n) is 9.19. The number of hydrogen-bond donors (Lipinski definition) is 1. The second kappa shape index (κ2) is 9.67. The molecule has 0 heterocycles. The summed E-state index contributed by atoms with van der Waals surface area (Å²) in [6.07, 6.45) is 1.07. The summed E-state index contributed by atoms with van der Waals surface area (Å²) < 4.78 is 30.4. The Kier molecular flexibility index (Phi) is 7.53. The maximum absolute atomic E-state index is 12.5. The highest BCUT2D eigenvalue weighted by atomic mass is 32.2. The largest absolute Gasteiger partial charge is 0.462 e. The zero-order chi connectivity index (χ0) is 21.6. The number of esters is 1. The third kappa shape index (κ3) is 6.40. The number of benzene rings is 2. The van der Waals surface area contributed by atoms with Crippen molar-refractivity contribution in [2.75, 3.05) is 24.7 Å². The van der Waals surface area contributed by atoms with Gasteiger partial charge in [0.1, 0.15) is 0 Å². The van der Waals surface area contributed by atoms with E-state index in [1.165, 1.54) is 0 Å². The molecule has 2 rings (SSSR count). The van der Waals surface area contributed by atoms with Gasteiger partial charge >= 0.3 is 5.97 Å². The summed E-state index contributed by atoms with van der Waals surface area (Å²) in [6, 6.07) is 12.3. The molecular weight excluding hydrogens is 392 g/mol. The Morgan fingerprint density at radius 2 is 1.72 bits per heavy atom. The summed E-state index contributed by atoms with van der Waals surface area (Å²) in [4.78, 5) is 24.6. The van der Waals surface area contributed by atoms with E-state index in [1.54, 1.807) is 32.0 Å². The lowest BCUT2D eigenvalue weighted by molar-refractivity contribution is -0.116. The molecule has 8 heteroatoms. The van der Waals surface area contributed by atoms with Crippen LogP contribution in [0.3, 0.4) is 0 Å². The highest BCUT2D eigenvalue weighted by molar-refractivity contribution is 7.88. The molecule has 0 spiro atoms. The van der Waals surface area contributed by atoms with Gasteiger partial charge in [-0.2, -0.15) is 4.31 Å². The topological polar surface area (TPSA) is 92.8 Å². The first-order chi connectivity index (χ1) is 13.6. The molecule has 0 aromatic heterocycles. The number of anilines is 1. The molecule has 0 aliphatic heterocycles. The minimum absolute atomic E-state index is 0.0916. The maximum Gasteiger partial charge on any atom is 0.338 e. The van der Waals surface area contributed by atoms with Crippen molar-refractivity contribution in [3.8, 4) is 0 Å². The van der Waals surface area contributed by atoms with Crippen LogP contribution in [-0.4, -0.2) is 44.0 Å². The van der Waals surface area contributed by atoms with Crippen LogP contribution in [0.2, 0.25) is 0 Å². The highest BCUT2D eigenvalue weighted by Gasteiger charge is 2.21. The van der Waals surface area contributed by atoms with Gasteiger partial charge in [0.25, 0.3) is 0 Å². The van der Waals surface area contributed by atoms with Crippen molar-refractivity contribution >= 4 is 27.6 Å². The Morgan fingerprint density at radius 3 is 2.31 bits per heavy atom. The predicted molar refractivity (Wildman–Crippen MR) is 112 cm³/mol. The standard InChI is InChI=1S/C21H26N2O5S/c1-5-28-21(25)18-7-6-8-19(16(18)3)22-20(24)14-23(29(4,26)27)13-17-11-9-15(2)10-12-17/h6-12H,5,13-14H2,1-4H3,(H,22,24). The lowest BCUT2D eigenvalue weighted by atomic mass is 10.1. The van der Waals surface area contributed by atoms with Gasteiger partial charge in [-0.25, -0.2) is 13.2 Å². The van der Waals surface area contributed by atoms with Crippen LogP contribution in [0, 0.1) is 13.8 Å². The monoisotopic (exact) mass is 418 g/mol. The summed E-state index contributed by atoms with van der Waals surface area (Å²) in [5.41, 5.74) is 3.20. The van der Waals surface area contributed by atoms with E-state index in [2.05, 4.69) is 5.32 Å². The van der Waals surface area contributed by atoms with Gasteiger partial charge in [0.05, 0.1) is 25.0 Å². The van der Waals surface area contributed by atoms with E-state index in [4.69, 9.17) is 4.74 Å². The molecule has 1 amide bonds. The fraction of sp³-hybridized carbons (Fsp3) is 0.333. The maximum atomic E-state index is 12.5. The Balaban J connectivity index is 2.15. The summed E-state index contributed by atoms with van der Waals surface area (Å²) >= 11 is 0. The fourth-order valence-electron chi connectivity index (χ4n) is 2.74. The number of aryl methyl sites for hydroxylation is 1. The summed E-state index contributed by atoms with van der Waals surface area (Å²) in [5.74, 6) is -0.968. The molecule has 0 saturated carbocycles. The molecule has 0 radical (unpaired) electrons. The Hall–Kier alpha value is -2.71. The smallest absolute Gasteiger partial charge is 0.338 e. The normalized spacial score (nSPS) is 11.3. The Labute approximate surface area is 171 Å². The molecule has 0 aliphatic rings. The average Bonchev–Trinajstić information content (AvgIpc) is 2.64. The van der Waals surface area contributed by atoms with Gasteiger partial charge in [-0.05, 0) is 44.0 Å². The predicted octanol–water partition coefficient (Wildman–Crippen LogP) is 2.88. The third-order valence-corrected chi connectivity index (χ3v) is 5.57. The number of amides is 1. The number of nitrogens with one attached hydrogen (secondary N) is 1. The number of rotatable bonds is 8. The van der Waals surface area contributed by atoms with E-state index < -0.39 is 21.9 Å². The molecule has 0 fully saturated rings. The van der Waals surface area contributed by atoms with Crippen LogP contribution in [-0.2, 0) is 26.1 Å². The minimum atomic E-state index is -3.60. The molecule has 7 nitrogen and oxygen atoms in total. The molecule has 0 unspecified atom stereocenters. The van der Waals surface area contributed by atoms with Crippen molar-refractivity contribution in [3.63, 3.8) is 0 Å². The summed E-state index contributed by atoms with van der Waals surface area (Å²) in [5, 5.41) is 2.69. The number of carbonyl (C=O) groups is 2. The molecule has 156 valence electrons. The lowest BCUT2D eigenvalue weighted by Crippen LogP contribution is -2.37. The molecule has 0 aliphatic carbocycles. The van der Waals surface area contributed by atoms with Gasteiger partial charge < -0.3 is 10.1 Å². The molecule has 2 aromatic rings. The average molecular weight is 419 g/mol. The van der Waals surface area contributed by atoms with Gasteiger partial charge in [-0.15, -0.1) is 0 Å². The van der Waals surface area contributed by atoms with E-state index in [-0.39, 0.29) is 19.7 Å². The number of hydrogen-bond acceptors (Lipinski definition) is 5. The van der Waals surface area contributed by atoms with Crippen LogP contribution in [0.1, 0.15) is 34.0 Å². The van der Waals surface area contributed by atoms with Crippen molar-refractivity contribution < 1.29 is 22.7 Å². The highest BCUT2D eigenvalue weighted by Crippen LogP contribution is 2.20. The summed E-state index contributed by atoms with van der Waals surface area (Å²) in [6.45, 7) is 5.36. The molecular formula is C21H26N2O5S. The molecule has 0 bridgehead atoms. The van der Waals surface area contributed by atoms with Crippen LogP contribution < -0.4 is 5.32 Å². The van der Waals surface area contributed by atoms with Crippen LogP contribution in [0.25, 0.3) is 0 Å². The van der Waals surface area contributed by atoms with Gasteiger partial charge in [0.15, 0.2) is 0 Å². The van der Waals surface area contributed by atoms with E-state index in [0.29, 0.717) is 16.8 Å². The molecule has 0 atom stereocenters. The van der Waals surface area contributed by atoms with E-state index >= 15 is 0 Å². The summed E-state index contributed by atoms with van der Waals surface area (Å²) in [7, 11) is -3.60. The van der Waals surface area contributed by atoms with Gasteiger partial charge in [-0.1, -0.05) is 35.9 Å². The second-order valence-corrected chi connectivity index (χ2v) is 8.75. The minimum Gasteiger partial charge on any atom is -0.462 e. The lowest BCUT2D eigenvalue weighted by Gasteiger charge is -2.20. The van der Waals surface area contributed by atoms with Gasteiger partial charge in [-0.3, -0.25) is 4.79 Å². The van der Waals surface area contributed by atoms with E-state index in [0.717, 1.165) is 21.7 Å². The number of ether oxygens (including phenoxy) is 1. The van der Waals surface area contributed by atoms with Gasteiger partial charge in [0.2, 0.25) is 15.9 Å². The zero-order valence-electron chi connectivity index (χ0n) is 17.1. The van der Waals surface area contributed by atoms with Crippen LogP contribution in [0.15, 0.2) is 42.5 Å². The molecule has 29 heavy (non-hydrogen) atoms.